The van der Waals surface area contributed by atoms with Gasteiger partial charge < -0.3 is 30.1 Å². The molecule has 3 aliphatic heterocycles. The van der Waals surface area contributed by atoms with E-state index in [4.69, 9.17) is 9.47 Å². The first-order chi connectivity index (χ1) is 15.7. The highest BCUT2D eigenvalue weighted by Gasteiger charge is 2.77. The molecule has 3 saturated heterocycles. The molecule has 0 radical (unpaired) electrons. The standard InChI is InChI=1S/C24H33N3O6/c1-5-32-16-8-6-15(7-9-16)26-20(29)17-18-22(31)27(12-13-28)19(21(30)25-14(2)3)24(18)11-10-23(17,4)33-24/h6-9,14,17-19,28H,5,10-13H2,1-4H3,(H,25,30)(H,26,29)/t17-,18+,19?,23+,24?/m1/s1. The second kappa shape index (κ2) is 8.61. The Kier molecular flexibility index (Phi) is 6.13. The summed E-state index contributed by atoms with van der Waals surface area (Å²) in [5, 5.41) is 15.4. The van der Waals surface area contributed by atoms with Gasteiger partial charge in [-0.3, -0.25) is 14.4 Å². The molecule has 3 aliphatic rings. The van der Waals surface area contributed by atoms with E-state index < -0.39 is 29.1 Å². The lowest BCUT2D eigenvalue weighted by atomic mass is 9.66. The Bertz CT molecular complexity index is 935. The van der Waals surface area contributed by atoms with Crippen LogP contribution in [0.3, 0.4) is 0 Å². The Morgan fingerprint density at radius 1 is 1.24 bits per heavy atom. The van der Waals surface area contributed by atoms with Crippen LogP contribution in [0, 0.1) is 11.8 Å². The smallest absolute Gasteiger partial charge is 0.246 e. The molecule has 2 bridgehead atoms. The number of ether oxygens (including phenoxy) is 2. The van der Waals surface area contributed by atoms with Crippen molar-refractivity contribution >= 4 is 23.4 Å². The van der Waals surface area contributed by atoms with E-state index in [0.29, 0.717) is 30.9 Å². The molecular weight excluding hydrogens is 426 g/mol. The Labute approximate surface area is 193 Å². The van der Waals surface area contributed by atoms with E-state index in [-0.39, 0.29) is 36.9 Å². The summed E-state index contributed by atoms with van der Waals surface area (Å²) in [5.74, 6) is -1.77. The van der Waals surface area contributed by atoms with Gasteiger partial charge in [0.25, 0.3) is 0 Å². The number of hydrogen-bond donors (Lipinski definition) is 3. The zero-order valence-corrected chi connectivity index (χ0v) is 19.6. The van der Waals surface area contributed by atoms with Crippen LogP contribution in [0.1, 0.15) is 40.5 Å². The van der Waals surface area contributed by atoms with Gasteiger partial charge in [-0.1, -0.05) is 0 Å². The van der Waals surface area contributed by atoms with Crippen molar-refractivity contribution in [2.75, 3.05) is 25.1 Å². The summed E-state index contributed by atoms with van der Waals surface area (Å²) in [6.45, 7) is 7.73. The van der Waals surface area contributed by atoms with Crippen LogP contribution in [0.5, 0.6) is 5.75 Å². The van der Waals surface area contributed by atoms with Crippen LogP contribution in [-0.2, 0) is 19.1 Å². The molecule has 3 heterocycles. The minimum atomic E-state index is -1.08. The first kappa shape index (κ1) is 23.5. The van der Waals surface area contributed by atoms with E-state index >= 15 is 0 Å². The van der Waals surface area contributed by atoms with Crippen molar-refractivity contribution in [2.24, 2.45) is 11.8 Å². The molecule has 4 rings (SSSR count). The van der Waals surface area contributed by atoms with Crippen molar-refractivity contribution in [3.63, 3.8) is 0 Å². The number of nitrogens with zero attached hydrogens (tertiary/aromatic N) is 1. The van der Waals surface area contributed by atoms with E-state index in [9.17, 15) is 19.5 Å². The number of fused-ring (bicyclic) bond motifs is 1. The molecule has 1 aromatic carbocycles. The monoisotopic (exact) mass is 459 g/mol. The summed E-state index contributed by atoms with van der Waals surface area (Å²) in [6.07, 6.45) is 1.07. The summed E-state index contributed by atoms with van der Waals surface area (Å²) in [7, 11) is 0. The quantitative estimate of drug-likeness (QED) is 0.540. The Morgan fingerprint density at radius 2 is 1.94 bits per heavy atom. The molecule has 0 aliphatic carbocycles. The van der Waals surface area contributed by atoms with Gasteiger partial charge in [0.2, 0.25) is 17.7 Å². The number of anilines is 1. The summed E-state index contributed by atoms with van der Waals surface area (Å²) in [5.41, 5.74) is -1.34. The molecule has 3 amide bonds. The topological polar surface area (TPSA) is 117 Å². The Morgan fingerprint density at radius 3 is 2.55 bits per heavy atom. The third-order valence-electron chi connectivity index (χ3n) is 7.01. The van der Waals surface area contributed by atoms with Crippen LogP contribution in [0.2, 0.25) is 0 Å². The van der Waals surface area contributed by atoms with E-state index in [1.54, 1.807) is 24.3 Å². The van der Waals surface area contributed by atoms with Crippen molar-refractivity contribution in [3.05, 3.63) is 24.3 Å². The maximum Gasteiger partial charge on any atom is 0.246 e. The van der Waals surface area contributed by atoms with Crippen LogP contribution < -0.4 is 15.4 Å². The average Bonchev–Trinajstić information content (AvgIpc) is 3.31. The molecule has 1 aromatic rings. The number of hydrogen-bond acceptors (Lipinski definition) is 6. The van der Waals surface area contributed by atoms with Crippen LogP contribution in [0.25, 0.3) is 0 Å². The third kappa shape index (κ3) is 3.77. The van der Waals surface area contributed by atoms with Crippen molar-refractivity contribution in [3.8, 4) is 5.75 Å². The van der Waals surface area contributed by atoms with E-state index in [1.807, 2.05) is 27.7 Å². The summed E-state index contributed by atoms with van der Waals surface area (Å²) < 4.78 is 11.9. The summed E-state index contributed by atoms with van der Waals surface area (Å²) >= 11 is 0. The SMILES string of the molecule is CCOc1ccc(NC(=O)[C@H]2[C@H]3C(=O)N(CCO)C(C(=O)NC(C)C)C34CC[C@]2(C)O4)cc1. The van der Waals surface area contributed by atoms with Crippen molar-refractivity contribution in [2.45, 2.75) is 63.8 Å². The summed E-state index contributed by atoms with van der Waals surface area (Å²) in [6, 6.07) is 6.05. The van der Waals surface area contributed by atoms with Crippen molar-refractivity contribution in [1.82, 2.24) is 10.2 Å². The van der Waals surface area contributed by atoms with Gasteiger partial charge in [-0.05, 0) is 64.8 Å². The van der Waals surface area contributed by atoms with Gasteiger partial charge in [0.1, 0.15) is 17.4 Å². The maximum atomic E-state index is 13.5. The van der Waals surface area contributed by atoms with Crippen LogP contribution in [0.15, 0.2) is 24.3 Å². The molecule has 0 saturated carbocycles. The lowest BCUT2D eigenvalue weighted by molar-refractivity contribution is -0.145. The minimum absolute atomic E-state index is 0.0145. The van der Waals surface area contributed by atoms with E-state index in [2.05, 4.69) is 10.6 Å². The number of nitrogens with one attached hydrogen (secondary N) is 2. The normalized spacial score (nSPS) is 32.2. The van der Waals surface area contributed by atoms with Gasteiger partial charge >= 0.3 is 0 Å². The molecule has 3 fully saturated rings. The van der Waals surface area contributed by atoms with Crippen LogP contribution in [0.4, 0.5) is 5.69 Å². The van der Waals surface area contributed by atoms with E-state index in [0.717, 1.165) is 0 Å². The zero-order valence-electron chi connectivity index (χ0n) is 19.6. The van der Waals surface area contributed by atoms with Gasteiger partial charge in [0, 0.05) is 18.3 Å². The number of amides is 3. The first-order valence-electron chi connectivity index (χ1n) is 11.6. The zero-order chi connectivity index (χ0) is 24.0. The number of likely N-dealkylation sites (tertiary alicyclic amines) is 1. The van der Waals surface area contributed by atoms with Gasteiger partial charge in [-0.15, -0.1) is 0 Å². The van der Waals surface area contributed by atoms with Crippen LogP contribution >= 0.6 is 0 Å². The predicted molar refractivity (Wildman–Crippen MR) is 121 cm³/mol. The minimum Gasteiger partial charge on any atom is -0.494 e. The molecule has 3 N–H and O–H groups in total. The highest BCUT2D eigenvalue weighted by molar-refractivity contribution is 6.02. The first-order valence-corrected chi connectivity index (χ1v) is 11.6. The molecule has 2 unspecified atom stereocenters. The van der Waals surface area contributed by atoms with Crippen molar-refractivity contribution in [1.29, 1.82) is 0 Å². The maximum absolute atomic E-state index is 13.5. The number of aliphatic hydroxyl groups is 1. The molecule has 9 heteroatoms. The van der Waals surface area contributed by atoms with Gasteiger partial charge in [-0.2, -0.15) is 0 Å². The molecule has 180 valence electrons. The number of rotatable bonds is 8. The lowest BCUT2D eigenvalue weighted by Crippen LogP contribution is -2.56. The molecule has 9 nitrogen and oxygen atoms in total. The number of benzene rings is 1. The second-order valence-electron chi connectivity index (χ2n) is 9.59. The average molecular weight is 460 g/mol. The fourth-order valence-electron chi connectivity index (χ4n) is 5.86. The molecule has 33 heavy (non-hydrogen) atoms. The summed E-state index contributed by atoms with van der Waals surface area (Å²) in [4.78, 5) is 41.6. The third-order valence-corrected chi connectivity index (χ3v) is 7.01. The highest BCUT2D eigenvalue weighted by Crippen LogP contribution is 2.63. The fraction of sp³-hybridized carbons (Fsp3) is 0.625. The number of carbonyl (C=O) groups is 3. The lowest BCUT2D eigenvalue weighted by Gasteiger charge is -2.33. The molecule has 0 aromatic heterocycles. The predicted octanol–water partition coefficient (Wildman–Crippen LogP) is 1.31. The number of aliphatic hydroxyl groups excluding tert-OH is 1. The van der Waals surface area contributed by atoms with Crippen LogP contribution in [-0.4, -0.2) is 70.8 Å². The van der Waals surface area contributed by atoms with E-state index in [1.165, 1.54) is 4.90 Å². The Balaban J connectivity index is 1.64. The number of β-amino-alcohol motifs (C(OH)–C–C–N with tert-alkyl or cyclic N) is 1. The Hall–Kier alpha value is -2.65. The molecule has 5 atom stereocenters. The highest BCUT2D eigenvalue weighted by atomic mass is 16.5. The van der Waals surface area contributed by atoms with Crippen molar-refractivity contribution < 1.29 is 29.0 Å². The largest absolute Gasteiger partial charge is 0.494 e. The van der Waals surface area contributed by atoms with Gasteiger partial charge in [0.15, 0.2) is 0 Å². The molecular formula is C24H33N3O6. The van der Waals surface area contributed by atoms with Gasteiger partial charge in [0.05, 0.1) is 30.7 Å². The number of carbonyl (C=O) groups excluding carboxylic acids is 3. The second-order valence-corrected chi connectivity index (χ2v) is 9.59. The molecule has 1 spiro atoms. The fourth-order valence-corrected chi connectivity index (χ4v) is 5.86. The van der Waals surface area contributed by atoms with Gasteiger partial charge in [-0.25, -0.2) is 0 Å².